The molecule has 0 N–H and O–H groups in total. The number of ether oxygens (including phenoxy) is 1. The van der Waals surface area contributed by atoms with E-state index in [9.17, 15) is 0 Å². The number of aromatic nitrogens is 2. The summed E-state index contributed by atoms with van der Waals surface area (Å²) >= 11 is 0. The smallest absolute Gasteiger partial charge is 0.336 e. The van der Waals surface area contributed by atoms with E-state index in [1.807, 2.05) is 0 Å². The highest BCUT2D eigenvalue weighted by atomic mass is 28.3. The summed E-state index contributed by atoms with van der Waals surface area (Å²) in [5.74, 6) is 0.966. The Labute approximate surface area is 159 Å². The lowest BCUT2D eigenvalue weighted by Crippen LogP contribution is -2.76. The van der Waals surface area contributed by atoms with Crippen LogP contribution in [-0.2, 0) is 0 Å². The van der Waals surface area contributed by atoms with E-state index >= 15 is 0 Å². The van der Waals surface area contributed by atoms with Gasteiger partial charge in [0.15, 0.2) is 0 Å². The summed E-state index contributed by atoms with van der Waals surface area (Å²) < 4.78 is 8.65. The van der Waals surface area contributed by atoms with Crippen molar-refractivity contribution in [3.05, 3.63) is 66.2 Å². The Morgan fingerprint density at radius 3 is 2.59 bits per heavy atom. The molecule has 0 unspecified atom stereocenters. The van der Waals surface area contributed by atoms with Crippen molar-refractivity contribution in [2.24, 2.45) is 0 Å². The summed E-state index contributed by atoms with van der Waals surface area (Å²) in [5.41, 5.74) is 6.09. The zero-order valence-electron chi connectivity index (χ0n) is 15.7. The molecule has 0 bridgehead atoms. The van der Waals surface area contributed by atoms with Gasteiger partial charge >= 0.3 is 6.85 Å². The van der Waals surface area contributed by atoms with Crippen LogP contribution in [0, 0.1) is 6.92 Å². The van der Waals surface area contributed by atoms with Gasteiger partial charge in [-0.05, 0) is 30.1 Å². The van der Waals surface area contributed by atoms with Crippen LogP contribution in [0.5, 0.6) is 11.8 Å². The first kappa shape index (κ1) is 15.3. The number of hydrogen-bond acceptors (Lipinski definition) is 2. The molecule has 0 aliphatic carbocycles. The molecule has 0 saturated carbocycles. The number of para-hydroxylation sites is 1. The maximum atomic E-state index is 6.35. The maximum absolute atomic E-state index is 6.35. The summed E-state index contributed by atoms with van der Waals surface area (Å²) in [7, 11) is -1.78. The first-order chi connectivity index (χ1) is 13.1. The monoisotopic (exact) mass is 366 g/mol. The average Bonchev–Trinajstić information content (AvgIpc) is 3.05. The van der Waals surface area contributed by atoms with Crippen LogP contribution in [0.2, 0.25) is 13.1 Å². The largest absolute Gasteiger partial charge is 0.427 e. The zero-order chi connectivity index (χ0) is 18.3. The van der Waals surface area contributed by atoms with Gasteiger partial charge in [-0.3, -0.25) is 0 Å². The minimum atomic E-state index is -1.78. The molecule has 0 atom stereocenters. The van der Waals surface area contributed by atoms with Crippen molar-refractivity contribution in [2.75, 3.05) is 0 Å². The van der Waals surface area contributed by atoms with Crippen LogP contribution in [0.1, 0.15) is 5.56 Å². The first-order valence-electron chi connectivity index (χ1n) is 9.45. The van der Waals surface area contributed by atoms with Crippen molar-refractivity contribution in [2.45, 2.75) is 20.0 Å². The van der Waals surface area contributed by atoms with Crippen molar-refractivity contribution in [3.8, 4) is 11.8 Å². The third-order valence-corrected chi connectivity index (χ3v) is 9.88. The molecular weight excluding hydrogens is 347 g/mol. The fourth-order valence-electron chi connectivity index (χ4n) is 4.99. The van der Waals surface area contributed by atoms with Crippen LogP contribution in [0.15, 0.2) is 60.7 Å². The molecule has 0 radical (unpaired) electrons. The van der Waals surface area contributed by atoms with Crippen LogP contribution < -0.4 is 26.0 Å². The molecule has 3 nitrogen and oxygen atoms in total. The van der Waals surface area contributed by atoms with E-state index in [2.05, 4.69) is 85.2 Å². The van der Waals surface area contributed by atoms with E-state index in [-0.39, 0.29) is 6.85 Å². The van der Waals surface area contributed by atoms with Gasteiger partial charge in [0.2, 0.25) is 0 Å². The highest BCUT2D eigenvalue weighted by Crippen LogP contribution is 2.32. The van der Waals surface area contributed by atoms with E-state index in [1.54, 1.807) is 0 Å². The Kier molecular flexibility index (Phi) is 2.79. The molecule has 0 fully saturated rings. The maximum Gasteiger partial charge on any atom is 0.336 e. The number of hydrogen-bond donors (Lipinski definition) is 0. The molecule has 3 aromatic carbocycles. The lowest BCUT2D eigenvalue weighted by atomic mass is 9.49. The predicted molar refractivity (Wildman–Crippen MR) is 115 cm³/mol. The zero-order valence-corrected chi connectivity index (χ0v) is 16.7. The van der Waals surface area contributed by atoms with Crippen molar-refractivity contribution in [1.29, 1.82) is 0 Å². The highest BCUT2D eigenvalue weighted by molar-refractivity contribution is 7.11. The molecule has 0 amide bonds. The molecule has 5 heteroatoms. The molecule has 2 aliphatic rings. The van der Waals surface area contributed by atoms with E-state index in [1.165, 1.54) is 26.9 Å². The topological polar surface area (TPSA) is 27.1 Å². The molecule has 2 aliphatic heterocycles. The Morgan fingerprint density at radius 1 is 0.926 bits per heavy atom. The standard InChI is InChI=1S/C22H19BN2OSi/c1-14-8-6-10-16-21(14)24-22-25(16)23-15-9-4-5-12-18(15)27(2,3)19-13-7-11-17(26-22)20(19)23/h4-13H,1-3H3. The molecular formula is C22H19BN2OSi. The van der Waals surface area contributed by atoms with Gasteiger partial charge in [-0.25, -0.2) is 0 Å². The third kappa shape index (κ3) is 1.80. The van der Waals surface area contributed by atoms with Crippen LogP contribution in [-0.4, -0.2) is 24.4 Å². The second-order valence-electron chi connectivity index (χ2n) is 8.14. The Balaban J connectivity index is 1.78. The van der Waals surface area contributed by atoms with Crippen LogP contribution >= 0.6 is 0 Å². The van der Waals surface area contributed by atoms with Crippen molar-refractivity contribution < 1.29 is 4.74 Å². The number of nitrogens with zero attached hydrogens (tertiary/aromatic N) is 2. The number of fused-ring (bicyclic) bond motifs is 6. The fraction of sp³-hybridized carbons (Fsp3) is 0.136. The molecule has 4 aromatic rings. The summed E-state index contributed by atoms with van der Waals surface area (Å²) in [6.45, 7) is 7.14. The predicted octanol–water partition coefficient (Wildman–Crippen LogP) is 2.24. The van der Waals surface area contributed by atoms with Crippen molar-refractivity contribution >= 4 is 47.3 Å². The third-order valence-electron chi connectivity index (χ3n) is 6.29. The Morgan fingerprint density at radius 2 is 1.70 bits per heavy atom. The van der Waals surface area contributed by atoms with E-state index in [0.29, 0.717) is 6.01 Å². The minimum Gasteiger partial charge on any atom is -0.427 e. The van der Waals surface area contributed by atoms with Gasteiger partial charge in [-0.2, -0.15) is 4.98 Å². The van der Waals surface area contributed by atoms with Crippen molar-refractivity contribution in [3.63, 3.8) is 0 Å². The Bertz CT molecular complexity index is 1260. The number of benzene rings is 3. The lowest BCUT2D eigenvalue weighted by Gasteiger charge is -2.39. The van der Waals surface area contributed by atoms with Gasteiger partial charge in [0.25, 0.3) is 6.01 Å². The van der Waals surface area contributed by atoms with Gasteiger partial charge in [0.05, 0.1) is 11.0 Å². The first-order valence-corrected chi connectivity index (χ1v) is 12.5. The molecule has 0 spiro atoms. The normalized spacial score (nSPS) is 15.7. The quantitative estimate of drug-likeness (QED) is 0.393. The highest BCUT2D eigenvalue weighted by Gasteiger charge is 2.46. The van der Waals surface area contributed by atoms with Crippen LogP contribution in [0.4, 0.5) is 0 Å². The van der Waals surface area contributed by atoms with Crippen LogP contribution in [0.3, 0.4) is 0 Å². The van der Waals surface area contributed by atoms with Gasteiger partial charge in [-0.15, -0.1) is 0 Å². The summed E-state index contributed by atoms with van der Waals surface area (Å²) in [6, 6.07) is 22.6. The molecule has 130 valence electrons. The Hall–Kier alpha value is -2.79. The summed E-state index contributed by atoms with van der Waals surface area (Å²) in [4.78, 5) is 4.86. The van der Waals surface area contributed by atoms with Crippen molar-refractivity contribution in [1.82, 2.24) is 9.46 Å². The van der Waals surface area contributed by atoms with E-state index in [4.69, 9.17) is 9.72 Å². The summed E-state index contributed by atoms with van der Waals surface area (Å²) in [6.07, 6.45) is 0. The lowest BCUT2D eigenvalue weighted by molar-refractivity contribution is 0.440. The van der Waals surface area contributed by atoms with Gasteiger partial charge in [-0.1, -0.05) is 77.5 Å². The second-order valence-corrected chi connectivity index (χ2v) is 12.5. The molecule has 0 saturated heterocycles. The second kappa shape index (κ2) is 4.93. The average molecular weight is 366 g/mol. The molecule has 3 heterocycles. The van der Waals surface area contributed by atoms with E-state index < -0.39 is 8.07 Å². The fourth-order valence-corrected chi connectivity index (χ4v) is 8.18. The van der Waals surface area contributed by atoms with Gasteiger partial charge in [0.1, 0.15) is 13.8 Å². The summed E-state index contributed by atoms with van der Waals surface area (Å²) in [5, 5.41) is 2.99. The number of rotatable bonds is 0. The molecule has 27 heavy (non-hydrogen) atoms. The molecule has 1 aromatic heterocycles. The number of aryl methyl sites for hydroxylation is 1. The van der Waals surface area contributed by atoms with Crippen LogP contribution in [0.25, 0.3) is 11.0 Å². The minimum absolute atomic E-state index is 0.128. The number of imidazole rings is 1. The van der Waals surface area contributed by atoms with Gasteiger partial charge < -0.3 is 9.21 Å². The van der Waals surface area contributed by atoms with E-state index in [0.717, 1.165) is 16.8 Å². The van der Waals surface area contributed by atoms with Gasteiger partial charge in [0, 0.05) is 0 Å². The SMILES string of the molecule is Cc1cccc2c1nc1n2B2c3ccccc3[Si](C)(C)c3cccc(c32)O1. The molecule has 6 rings (SSSR count).